The molecule has 0 saturated heterocycles. The first-order valence-electron chi connectivity index (χ1n) is 5.47. The highest BCUT2D eigenvalue weighted by Crippen LogP contribution is 2.07. The van der Waals surface area contributed by atoms with Crippen molar-refractivity contribution in [3.8, 4) is 0 Å². The predicted octanol–water partition coefficient (Wildman–Crippen LogP) is 0.620. The Labute approximate surface area is 108 Å². The molecule has 0 radical (unpaired) electrons. The number of aromatic amines is 1. The molecule has 0 atom stereocenters. The number of H-pyrrole nitrogens is 1. The first kappa shape index (κ1) is 12.6. The van der Waals surface area contributed by atoms with E-state index < -0.39 is 5.97 Å². The Kier molecular flexibility index (Phi) is 3.46. The monoisotopic (exact) mass is 260 g/mol. The summed E-state index contributed by atoms with van der Waals surface area (Å²) in [6.45, 7) is 0.275. The Morgan fingerprint density at radius 3 is 2.53 bits per heavy atom. The minimum atomic E-state index is -0.985. The van der Waals surface area contributed by atoms with Gasteiger partial charge in [0.2, 0.25) is 0 Å². The fourth-order valence-corrected chi connectivity index (χ4v) is 1.51. The normalized spacial score (nSPS) is 10.1. The summed E-state index contributed by atoms with van der Waals surface area (Å²) in [7, 11) is 0. The Hall–Kier alpha value is -2.83. The molecular weight excluding hydrogens is 248 g/mol. The minimum Gasteiger partial charge on any atom is -0.478 e. The smallest absolute Gasteiger partial charge is 0.335 e. The highest BCUT2D eigenvalue weighted by atomic mass is 16.4. The van der Waals surface area contributed by atoms with Crippen molar-refractivity contribution in [1.82, 2.24) is 15.5 Å². The van der Waals surface area contributed by atoms with Gasteiger partial charge >= 0.3 is 5.97 Å². The van der Waals surface area contributed by atoms with Crippen LogP contribution in [0.1, 0.15) is 26.4 Å². The largest absolute Gasteiger partial charge is 0.478 e. The number of nitrogen functional groups attached to an aromatic ring is 1. The molecule has 0 spiro atoms. The van der Waals surface area contributed by atoms with E-state index in [9.17, 15) is 9.59 Å². The number of amides is 1. The minimum absolute atomic E-state index is 0.202. The van der Waals surface area contributed by atoms with Crippen molar-refractivity contribution in [3.63, 3.8) is 0 Å². The van der Waals surface area contributed by atoms with E-state index in [1.165, 1.54) is 18.3 Å². The third kappa shape index (κ3) is 2.89. The SMILES string of the molecule is Nc1cn[nH]c1C(=O)NCc1ccc(C(=O)O)cc1. The van der Waals surface area contributed by atoms with Crippen LogP contribution in [0.15, 0.2) is 30.5 Å². The van der Waals surface area contributed by atoms with Crippen LogP contribution in [0.4, 0.5) is 5.69 Å². The van der Waals surface area contributed by atoms with E-state index >= 15 is 0 Å². The summed E-state index contributed by atoms with van der Waals surface area (Å²) >= 11 is 0. The van der Waals surface area contributed by atoms with E-state index in [4.69, 9.17) is 10.8 Å². The number of carboxylic acid groups (broad SMARTS) is 1. The number of nitrogens with one attached hydrogen (secondary N) is 2. The molecule has 0 fully saturated rings. The maximum absolute atomic E-state index is 11.7. The van der Waals surface area contributed by atoms with Gasteiger partial charge in [0.1, 0.15) is 5.69 Å². The lowest BCUT2D eigenvalue weighted by atomic mass is 10.1. The summed E-state index contributed by atoms with van der Waals surface area (Å²) in [4.78, 5) is 22.4. The Bertz CT molecular complexity index is 604. The van der Waals surface area contributed by atoms with Gasteiger partial charge in [0.05, 0.1) is 17.4 Å². The molecule has 19 heavy (non-hydrogen) atoms. The van der Waals surface area contributed by atoms with E-state index in [1.54, 1.807) is 12.1 Å². The highest BCUT2D eigenvalue weighted by molar-refractivity contribution is 5.96. The number of hydrogen-bond donors (Lipinski definition) is 4. The Balaban J connectivity index is 1.97. The fraction of sp³-hybridized carbons (Fsp3) is 0.0833. The van der Waals surface area contributed by atoms with Crippen LogP contribution in [0, 0.1) is 0 Å². The molecule has 5 N–H and O–H groups in total. The van der Waals surface area contributed by atoms with Gasteiger partial charge in [-0.1, -0.05) is 12.1 Å². The lowest BCUT2D eigenvalue weighted by Crippen LogP contribution is -2.24. The van der Waals surface area contributed by atoms with Gasteiger partial charge in [-0.15, -0.1) is 0 Å². The van der Waals surface area contributed by atoms with E-state index in [-0.39, 0.29) is 29.4 Å². The molecule has 2 rings (SSSR count). The van der Waals surface area contributed by atoms with Crippen molar-refractivity contribution in [2.75, 3.05) is 5.73 Å². The van der Waals surface area contributed by atoms with Gasteiger partial charge in [0, 0.05) is 6.54 Å². The quantitative estimate of drug-likeness (QED) is 0.642. The summed E-state index contributed by atoms with van der Waals surface area (Å²) in [5, 5.41) is 17.6. The zero-order valence-electron chi connectivity index (χ0n) is 9.88. The average molecular weight is 260 g/mol. The van der Waals surface area contributed by atoms with Crippen molar-refractivity contribution >= 4 is 17.6 Å². The number of rotatable bonds is 4. The Morgan fingerprint density at radius 1 is 1.32 bits per heavy atom. The number of aromatic nitrogens is 2. The van der Waals surface area contributed by atoms with Crippen LogP contribution in [0.25, 0.3) is 0 Å². The number of benzene rings is 1. The summed E-state index contributed by atoms with van der Waals surface area (Å²) in [6, 6.07) is 6.24. The van der Waals surface area contributed by atoms with E-state index in [2.05, 4.69) is 15.5 Å². The number of carboxylic acids is 1. The topological polar surface area (TPSA) is 121 Å². The van der Waals surface area contributed by atoms with Crippen molar-refractivity contribution in [3.05, 3.63) is 47.3 Å². The van der Waals surface area contributed by atoms with Crippen molar-refractivity contribution in [1.29, 1.82) is 0 Å². The molecule has 1 amide bonds. The summed E-state index contributed by atoms with van der Waals surface area (Å²) in [5.41, 5.74) is 7.02. The summed E-state index contributed by atoms with van der Waals surface area (Å²) in [5.74, 6) is -1.35. The van der Waals surface area contributed by atoms with Gasteiger partial charge < -0.3 is 16.2 Å². The second-order valence-electron chi connectivity index (χ2n) is 3.89. The van der Waals surface area contributed by atoms with Crippen molar-refractivity contribution < 1.29 is 14.7 Å². The molecule has 0 aliphatic heterocycles. The second-order valence-corrected chi connectivity index (χ2v) is 3.89. The summed E-state index contributed by atoms with van der Waals surface area (Å²) < 4.78 is 0. The molecule has 0 aliphatic carbocycles. The van der Waals surface area contributed by atoms with Crippen LogP contribution < -0.4 is 11.1 Å². The van der Waals surface area contributed by atoms with Gasteiger partial charge in [0.25, 0.3) is 5.91 Å². The second kappa shape index (κ2) is 5.21. The van der Waals surface area contributed by atoms with E-state index in [1.807, 2.05) is 0 Å². The number of carbonyl (C=O) groups is 2. The number of nitrogens with zero attached hydrogens (tertiary/aromatic N) is 1. The van der Waals surface area contributed by atoms with Gasteiger partial charge in [-0.25, -0.2) is 4.79 Å². The number of carbonyl (C=O) groups excluding carboxylic acids is 1. The van der Waals surface area contributed by atoms with Gasteiger partial charge in [-0.3, -0.25) is 9.89 Å². The van der Waals surface area contributed by atoms with E-state index in [0.29, 0.717) is 0 Å². The molecular formula is C12H12N4O3. The molecule has 0 bridgehead atoms. The molecule has 7 heteroatoms. The molecule has 2 aromatic rings. The maximum atomic E-state index is 11.7. The van der Waals surface area contributed by atoms with Crippen molar-refractivity contribution in [2.24, 2.45) is 0 Å². The number of anilines is 1. The van der Waals surface area contributed by atoms with Crippen LogP contribution in [0.5, 0.6) is 0 Å². The molecule has 0 aliphatic rings. The lowest BCUT2D eigenvalue weighted by Gasteiger charge is -2.05. The molecule has 1 aromatic heterocycles. The van der Waals surface area contributed by atoms with Crippen molar-refractivity contribution in [2.45, 2.75) is 6.54 Å². The number of hydrogen-bond acceptors (Lipinski definition) is 4. The number of aromatic carboxylic acids is 1. The predicted molar refractivity (Wildman–Crippen MR) is 67.6 cm³/mol. The Morgan fingerprint density at radius 2 is 2.00 bits per heavy atom. The third-order valence-electron chi connectivity index (χ3n) is 2.55. The number of nitrogens with two attached hydrogens (primary N) is 1. The van der Waals surface area contributed by atoms with Crippen LogP contribution in [0.3, 0.4) is 0 Å². The van der Waals surface area contributed by atoms with Gasteiger partial charge in [0.15, 0.2) is 0 Å². The summed E-state index contributed by atoms with van der Waals surface area (Å²) in [6.07, 6.45) is 1.36. The third-order valence-corrected chi connectivity index (χ3v) is 2.55. The van der Waals surface area contributed by atoms with Crippen LogP contribution in [-0.2, 0) is 6.54 Å². The van der Waals surface area contributed by atoms with E-state index in [0.717, 1.165) is 5.56 Å². The molecule has 7 nitrogen and oxygen atoms in total. The van der Waals surface area contributed by atoms with Gasteiger partial charge in [-0.2, -0.15) is 5.10 Å². The zero-order valence-corrected chi connectivity index (χ0v) is 9.88. The highest BCUT2D eigenvalue weighted by Gasteiger charge is 2.11. The molecule has 0 unspecified atom stereocenters. The first-order valence-corrected chi connectivity index (χ1v) is 5.47. The fourth-order valence-electron chi connectivity index (χ4n) is 1.51. The van der Waals surface area contributed by atoms with Crippen LogP contribution in [-0.4, -0.2) is 27.2 Å². The molecule has 1 aromatic carbocycles. The first-order chi connectivity index (χ1) is 9.08. The zero-order chi connectivity index (χ0) is 13.8. The maximum Gasteiger partial charge on any atom is 0.335 e. The average Bonchev–Trinajstić information content (AvgIpc) is 2.83. The molecule has 0 saturated carbocycles. The van der Waals surface area contributed by atoms with Crippen LogP contribution in [0.2, 0.25) is 0 Å². The molecule has 1 heterocycles. The van der Waals surface area contributed by atoms with Gasteiger partial charge in [-0.05, 0) is 17.7 Å². The lowest BCUT2D eigenvalue weighted by molar-refractivity contribution is 0.0696. The van der Waals surface area contributed by atoms with Crippen LogP contribution >= 0.6 is 0 Å². The standard InChI is InChI=1S/C12H12N4O3/c13-9-6-15-16-10(9)11(17)14-5-7-1-3-8(4-2-7)12(18)19/h1-4,6H,5,13H2,(H,14,17)(H,15,16)(H,18,19). The molecule has 98 valence electrons.